The van der Waals surface area contributed by atoms with Crippen molar-refractivity contribution in [2.45, 2.75) is 13.0 Å². The predicted molar refractivity (Wildman–Crippen MR) is 106 cm³/mol. The number of anilines is 2. The molecule has 4 heterocycles. The standard InChI is InChI=1S/C20H25N7/c1-12-6-4-5-7-14(12)17-16-11-27(10-13(16)9-25(17)2)20-23-18(21)15-8-22-26(3)19(15)24-20/h4-8,13,16-17H,9-11H2,1-3H3,(H2,21,23,24)/t13-,16+,17+/m0/s1. The van der Waals surface area contributed by atoms with E-state index >= 15 is 0 Å². The quantitative estimate of drug-likeness (QED) is 0.750. The van der Waals surface area contributed by atoms with Gasteiger partial charge in [0.05, 0.1) is 11.6 Å². The Hall–Kier alpha value is -2.67. The molecule has 3 atom stereocenters. The smallest absolute Gasteiger partial charge is 0.229 e. The van der Waals surface area contributed by atoms with Gasteiger partial charge in [-0.05, 0) is 31.0 Å². The van der Waals surface area contributed by atoms with Crippen molar-refractivity contribution >= 4 is 22.8 Å². The van der Waals surface area contributed by atoms with Crippen molar-refractivity contribution in [2.24, 2.45) is 18.9 Å². The van der Waals surface area contributed by atoms with E-state index in [-0.39, 0.29) is 0 Å². The maximum atomic E-state index is 6.17. The van der Waals surface area contributed by atoms with Crippen LogP contribution in [0.4, 0.5) is 11.8 Å². The summed E-state index contributed by atoms with van der Waals surface area (Å²) in [7, 11) is 4.14. The van der Waals surface area contributed by atoms with Crippen LogP contribution in [-0.4, -0.2) is 51.3 Å². The second kappa shape index (κ2) is 5.92. The van der Waals surface area contributed by atoms with E-state index in [1.165, 1.54) is 11.1 Å². The third kappa shape index (κ3) is 2.49. The molecule has 2 fully saturated rings. The van der Waals surface area contributed by atoms with Gasteiger partial charge in [0.15, 0.2) is 5.65 Å². The van der Waals surface area contributed by atoms with E-state index in [1.807, 2.05) is 7.05 Å². The van der Waals surface area contributed by atoms with Crippen LogP contribution < -0.4 is 10.6 Å². The Labute approximate surface area is 158 Å². The highest BCUT2D eigenvalue weighted by Crippen LogP contribution is 2.45. The van der Waals surface area contributed by atoms with Crippen LogP contribution in [0.2, 0.25) is 0 Å². The van der Waals surface area contributed by atoms with Gasteiger partial charge >= 0.3 is 0 Å². The van der Waals surface area contributed by atoms with Crippen LogP contribution in [-0.2, 0) is 7.05 Å². The molecule has 7 nitrogen and oxygen atoms in total. The maximum absolute atomic E-state index is 6.17. The Morgan fingerprint density at radius 2 is 1.89 bits per heavy atom. The van der Waals surface area contributed by atoms with Gasteiger partial charge in [0.25, 0.3) is 0 Å². The van der Waals surface area contributed by atoms with E-state index in [9.17, 15) is 0 Å². The van der Waals surface area contributed by atoms with Gasteiger partial charge in [0, 0.05) is 38.6 Å². The van der Waals surface area contributed by atoms with Crippen molar-refractivity contribution < 1.29 is 0 Å². The molecule has 0 saturated carbocycles. The molecule has 2 saturated heterocycles. The Kier molecular flexibility index (Phi) is 3.62. The average Bonchev–Trinajstić information content (AvgIpc) is 3.29. The van der Waals surface area contributed by atoms with E-state index in [0.717, 1.165) is 36.6 Å². The number of nitrogens with two attached hydrogens (primary N) is 1. The highest BCUT2D eigenvalue weighted by Gasteiger charge is 2.47. The minimum Gasteiger partial charge on any atom is -0.383 e. The minimum absolute atomic E-state index is 0.444. The number of benzene rings is 1. The van der Waals surface area contributed by atoms with Crippen molar-refractivity contribution in [3.05, 3.63) is 41.6 Å². The lowest BCUT2D eigenvalue weighted by Crippen LogP contribution is -2.30. The molecule has 2 aliphatic heterocycles. The number of hydrogen-bond acceptors (Lipinski definition) is 6. The zero-order valence-corrected chi connectivity index (χ0v) is 16.0. The summed E-state index contributed by atoms with van der Waals surface area (Å²) in [6, 6.07) is 9.20. The van der Waals surface area contributed by atoms with Gasteiger partial charge in [-0.1, -0.05) is 24.3 Å². The molecule has 0 radical (unpaired) electrons. The molecule has 2 N–H and O–H groups in total. The summed E-state index contributed by atoms with van der Waals surface area (Å²) in [5, 5.41) is 5.08. The van der Waals surface area contributed by atoms with Crippen LogP contribution in [0.3, 0.4) is 0 Å². The number of aromatic nitrogens is 4. The molecule has 3 aromatic rings. The van der Waals surface area contributed by atoms with Crippen LogP contribution in [0.25, 0.3) is 11.0 Å². The highest BCUT2D eigenvalue weighted by atomic mass is 15.3. The number of rotatable bonds is 2. The van der Waals surface area contributed by atoms with Gasteiger partial charge < -0.3 is 10.6 Å². The van der Waals surface area contributed by atoms with E-state index in [4.69, 9.17) is 10.7 Å². The summed E-state index contributed by atoms with van der Waals surface area (Å²) in [4.78, 5) is 14.2. The number of fused-ring (bicyclic) bond motifs is 2. The summed E-state index contributed by atoms with van der Waals surface area (Å²) in [5.41, 5.74) is 9.78. The Bertz CT molecular complexity index is 1010. The van der Waals surface area contributed by atoms with Crippen LogP contribution in [0.1, 0.15) is 17.2 Å². The Morgan fingerprint density at radius 1 is 1.07 bits per heavy atom. The molecule has 2 aromatic heterocycles. The van der Waals surface area contributed by atoms with Gasteiger partial charge in [0.1, 0.15) is 5.82 Å². The molecular formula is C20H25N7. The Balaban J connectivity index is 1.48. The first-order chi connectivity index (χ1) is 13.0. The number of nitrogens with zero attached hydrogens (tertiary/aromatic N) is 6. The first-order valence-corrected chi connectivity index (χ1v) is 9.49. The fraction of sp³-hybridized carbons (Fsp3) is 0.450. The largest absolute Gasteiger partial charge is 0.383 e. The lowest BCUT2D eigenvalue weighted by molar-refractivity contribution is 0.278. The van der Waals surface area contributed by atoms with E-state index in [2.05, 4.69) is 58.1 Å². The van der Waals surface area contributed by atoms with Crippen LogP contribution >= 0.6 is 0 Å². The molecule has 0 amide bonds. The molecule has 7 heteroatoms. The summed E-state index contributed by atoms with van der Waals surface area (Å²) < 4.78 is 1.76. The summed E-state index contributed by atoms with van der Waals surface area (Å²) in [5.74, 6) is 2.42. The third-order valence-electron chi connectivity index (χ3n) is 6.29. The molecule has 0 aliphatic carbocycles. The average molecular weight is 363 g/mol. The number of hydrogen-bond donors (Lipinski definition) is 1. The molecule has 0 unspecified atom stereocenters. The Morgan fingerprint density at radius 3 is 2.70 bits per heavy atom. The molecule has 0 spiro atoms. The molecular weight excluding hydrogens is 338 g/mol. The lowest BCUT2D eigenvalue weighted by atomic mass is 9.88. The third-order valence-corrected chi connectivity index (χ3v) is 6.29. The van der Waals surface area contributed by atoms with Crippen molar-refractivity contribution in [3.8, 4) is 0 Å². The first-order valence-electron chi connectivity index (χ1n) is 9.49. The summed E-state index contributed by atoms with van der Waals surface area (Å²) in [6.07, 6.45) is 1.73. The van der Waals surface area contributed by atoms with Gasteiger partial charge in [-0.3, -0.25) is 9.58 Å². The van der Waals surface area contributed by atoms with Gasteiger partial charge in [-0.15, -0.1) is 0 Å². The van der Waals surface area contributed by atoms with Gasteiger partial charge in [-0.2, -0.15) is 15.1 Å². The first kappa shape index (κ1) is 16.5. The monoisotopic (exact) mass is 363 g/mol. The SMILES string of the molecule is Cc1ccccc1[C@@H]1[C@@H]2CN(c3nc(N)c4cnn(C)c4n3)C[C@@H]2CN1C. The normalized spacial score (nSPS) is 25.4. The second-order valence-electron chi connectivity index (χ2n) is 7.98. The highest BCUT2D eigenvalue weighted by molar-refractivity contribution is 5.86. The van der Waals surface area contributed by atoms with E-state index < -0.39 is 0 Å². The number of aryl methyl sites for hydroxylation is 2. The van der Waals surface area contributed by atoms with Crippen molar-refractivity contribution in [2.75, 3.05) is 37.3 Å². The summed E-state index contributed by atoms with van der Waals surface area (Å²) >= 11 is 0. The van der Waals surface area contributed by atoms with Crippen molar-refractivity contribution in [1.29, 1.82) is 0 Å². The molecule has 0 bridgehead atoms. The number of likely N-dealkylation sites (tertiary alicyclic amines) is 1. The zero-order chi connectivity index (χ0) is 18.7. The van der Waals surface area contributed by atoms with Gasteiger partial charge in [-0.25, -0.2) is 0 Å². The lowest BCUT2D eigenvalue weighted by Gasteiger charge is -2.28. The predicted octanol–water partition coefficient (Wildman–Crippen LogP) is 1.99. The van der Waals surface area contributed by atoms with Crippen LogP contribution in [0, 0.1) is 18.8 Å². The molecule has 140 valence electrons. The molecule has 2 aliphatic rings. The van der Waals surface area contributed by atoms with E-state index in [0.29, 0.717) is 23.7 Å². The topological polar surface area (TPSA) is 76.1 Å². The number of nitrogen functional groups attached to an aromatic ring is 1. The maximum Gasteiger partial charge on any atom is 0.229 e. The van der Waals surface area contributed by atoms with Crippen LogP contribution in [0.5, 0.6) is 0 Å². The molecule has 5 rings (SSSR count). The van der Waals surface area contributed by atoms with Crippen molar-refractivity contribution in [3.63, 3.8) is 0 Å². The zero-order valence-electron chi connectivity index (χ0n) is 16.0. The molecule has 27 heavy (non-hydrogen) atoms. The fourth-order valence-electron chi connectivity index (χ4n) is 4.98. The van der Waals surface area contributed by atoms with Crippen LogP contribution in [0.15, 0.2) is 30.5 Å². The molecule has 1 aromatic carbocycles. The van der Waals surface area contributed by atoms with Crippen molar-refractivity contribution in [1.82, 2.24) is 24.6 Å². The van der Waals surface area contributed by atoms with E-state index in [1.54, 1.807) is 10.9 Å². The minimum atomic E-state index is 0.444. The van der Waals surface area contributed by atoms with Gasteiger partial charge in [0.2, 0.25) is 5.95 Å². The fourth-order valence-corrected chi connectivity index (χ4v) is 4.98. The summed E-state index contributed by atoms with van der Waals surface area (Å²) in [6.45, 7) is 5.24. The second-order valence-corrected chi connectivity index (χ2v) is 7.98.